The van der Waals surface area contributed by atoms with Crippen molar-refractivity contribution in [2.45, 2.75) is 26.2 Å². The highest BCUT2D eigenvalue weighted by Crippen LogP contribution is 2.17. The molecule has 8 nitrogen and oxygen atoms in total. The number of hydrogen-bond donors (Lipinski definition) is 3. The van der Waals surface area contributed by atoms with Gasteiger partial charge in [-0.25, -0.2) is 9.66 Å². The largest absolute Gasteiger partial charge is 0.330 e. The van der Waals surface area contributed by atoms with Crippen molar-refractivity contribution in [3.8, 4) is 12.3 Å². The maximum atomic E-state index is 12.8. The van der Waals surface area contributed by atoms with Crippen LogP contribution in [0.15, 0.2) is 77.6 Å². The average Bonchev–Trinajstić information content (AvgIpc) is 3.23. The van der Waals surface area contributed by atoms with Crippen molar-refractivity contribution in [2.24, 2.45) is 5.73 Å². The van der Waals surface area contributed by atoms with E-state index in [-0.39, 0.29) is 17.4 Å². The van der Waals surface area contributed by atoms with Crippen molar-refractivity contribution in [3.05, 3.63) is 105 Å². The second-order valence-corrected chi connectivity index (χ2v) is 8.57. The van der Waals surface area contributed by atoms with E-state index < -0.39 is 0 Å². The first-order valence-corrected chi connectivity index (χ1v) is 12.4. The number of aryl methyl sites for hydroxylation is 1. The summed E-state index contributed by atoms with van der Waals surface area (Å²) in [5.41, 5.74) is 10.3. The second kappa shape index (κ2) is 13.7. The van der Waals surface area contributed by atoms with Crippen LogP contribution in [0.4, 0.5) is 5.69 Å². The Balaban J connectivity index is 0.000000220. The molecule has 3 aromatic carbocycles. The number of rotatable bonds is 5. The van der Waals surface area contributed by atoms with E-state index in [4.69, 9.17) is 23.8 Å². The first kappa shape index (κ1) is 28.1. The van der Waals surface area contributed by atoms with Crippen LogP contribution >= 0.6 is 11.6 Å². The van der Waals surface area contributed by atoms with Gasteiger partial charge in [-0.3, -0.25) is 25.1 Å². The Morgan fingerprint density at radius 1 is 1.00 bits per heavy atom. The van der Waals surface area contributed by atoms with Crippen LogP contribution in [0.25, 0.3) is 10.9 Å². The summed E-state index contributed by atoms with van der Waals surface area (Å²) in [6, 6.07) is 21.2. The van der Waals surface area contributed by atoms with Gasteiger partial charge in [0.1, 0.15) is 5.82 Å². The first-order valence-electron chi connectivity index (χ1n) is 12.0. The molecule has 0 saturated carbocycles. The summed E-state index contributed by atoms with van der Waals surface area (Å²) in [4.78, 5) is 39.2. The number of nitrogens with zero attached hydrogens (tertiary/aromatic N) is 2. The number of carbonyl (C=O) groups is 2. The minimum absolute atomic E-state index is 0.178. The second-order valence-electron chi connectivity index (χ2n) is 8.13. The van der Waals surface area contributed by atoms with Crippen molar-refractivity contribution in [3.63, 3.8) is 0 Å². The molecule has 9 heteroatoms. The highest BCUT2D eigenvalue weighted by atomic mass is 35.5. The number of imide groups is 1. The fourth-order valence-corrected chi connectivity index (χ4v) is 3.60. The molecule has 0 saturated heterocycles. The lowest BCUT2D eigenvalue weighted by Gasteiger charge is -2.15. The van der Waals surface area contributed by atoms with Crippen LogP contribution in [-0.2, 0) is 6.42 Å². The topological polar surface area (TPSA) is 119 Å². The van der Waals surface area contributed by atoms with Gasteiger partial charge in [0.15, 0.2) is 0 Å². The minimum atomic E-state index is -0.300. The number of nitrogens with one attached hydrogen (secondary N) is 2. The normalized spacial score (nSPS) is 11.3. The van der Waals surface area contributed by atoms with Crippen LogP contribution in [0.3, 0.4) is 0 Å². The molecule has 5 rings (SSSR count). The van der Waals surface area contributed by atoms with E-state index in [2.05, 4.69) is 28.6 Å². The summed E-state index contributed by atoms with van der Waals surface area (Å²) >= 11 is 6.00. The molecule has 0 unspecified atom stereocenters. The number of amides is 2. The first-order chi connectivity index (χ1) is 18.4. The minimum Gasteiger partial charge on any atom is -0.330 e. The molecule has 0 aliphatic carbocycles. The van der Waals surface area contributed by atoms with Gasteiger partial charge in [-0.1, -0.05) is 48.9 Å². The predicted octanol–water partition coefficient (Wildman–Crippen LogP) is 4.42. The van der Waals surface area contributed by atoms with Gasteiger partial charge in [0.25, 0.3) is 17.4 Å². The van der Waals surface area contributed by atoms with E-state index in [0.717, 1.165) is 18.7 Å². The molecule has 0 spiro atoms. The summed E-state index contributed by atoms with van der Waals surface area (Å²) < 4.78 is 1.45. The molecule has 38 heavy (non-hydrogen) atoms. The molecule has 0 fully saturated rings. The molecule has 194 valence electrons. The SMILES string of the molecule is C#CCCc1nc2cc(Cl)ccc2c(=O)n1Nc1ccccc1.CCCN.O=C1NC(=O)c2ccccc21. The number of benzene rings is 3. The Labute approximate surface area is 225 Å². The van der Waals surface area contributed by atoms with Crippen molar-refractivity contribution in [1.29, 1.82) is 0 Å². The standard InChI is InChI=1S/C18H14ClN3O.C8H5NO2.C3H9N/c1-2-3-9-17-20-16-12-13(19)10-11-15(16)18(23)22(17)21-14-7-5-4-6-8-14;10-7-5-3-1-2-4-6(5)8(11)9-7;1-2-3-4/h1,4-8,10-12,21H,3,9H2;1-4H,(H,9,10,11);2-4H2,1H3. The Morgan fingerprint density at radius 2 is 1.61 bits per heavy atom. The van der Waals surface area contributed by atoms with Gasteiger partial charge in [0.05, 0.1) is 27.7 Å². The molecule has 1 aliphatic heterocycles. The van der Waals surface area contributed by atoms with Gasteiger partial charge in [0, 0.05) is 17.9 Å². The van der Waals surface area contributed by atoms with Crippen molar-refractivity contribution in [1.82, 2.24) is 15.0 Å². The molecule has 2 amide bonds. The number of terminal acetylenes is 1. The number of halogens is 1. The number of para-hydroxylation sites is 1. The lowest BCUT2D eigenvalue weighted by Crippen LogP contribution is -2.30. The molecule has 0 atom stereocenters. The summed E-state index contributed by atoms with van der Waals surface area (Å²) in [5.74, 6) is 2.55. The molecule has 1 aromatic heterocycles. The maximum absolute atomic E-state index is 12.8. The maximum Gasteiger partial charge on any atom is 0.280 e. The lowest BCUT2D eigenvalue weighted by molar-refractivity contribution is 0.0879. The van der Waals surface area contributed by atoms with E-state index in [0.29, 0.717) is 45.7 Å². The molecule has 4 aromatic rings. The van der Waals surface area contributed by atoms with Gasteiger partial charge in [-0.15, -0.1) is 12.3 Å². The Bertz CT molecular complexity index is 1490. The molecule has 0 radical (unpaired) electrons. The molecule has 4 N–H and O–H groups in total. The highest BCUT2D eigenvalue weighted by Gasteiger charge is 2.25. The Hall–Kier alpha value is -4.45. The zero-order valence-corrected chi connectivity index (χ0v) is 21.7. The van der Waals surface area contributed by atoms with E-state index in [1.54, 1.807) is 42.5 Å². The molecule has 2 heterocycles. The zero-order valence-electron chi connectivity index (χ0n) is 20.9. The van der Waals surface area contributed by atoms with Crippen LogP contribution in [0.1, 0.15) is 46.3 Å². The van der Waals surface area contributed by atoms with Gasteiger partial charge in [0.2, 0.25) is 0 Å². The fourth-order valence-electron chi connectivity index (χ4n) is 3.43. The molecule has 1 aliphatic rings. The molecule has 0 bridgehead atoms. The number of hydrogen-bond acceptors (Lipinski definition) is 6. The quantitative estimate of drug-likeness (QED) is 0.260. The third-order valence-electron chi connectivity index (χ3n) is 5.34. The van der Waals surface area contributed by atoms with E-state index in [1.165, 1.54) is 4.68 Å². The van der Waals surface area contributed by atoms with Gasteiger partial charge in [-0.05, 0) is 55.4 Å². The summed E-state index contributed by atoms with van der Waals surface area (Å²) in [7, 11) is 0. The number of nitrogens with two attached hydrogens (primary N) is 1. The van der Waals surface area contributed by atoms with Crippen molar-refractivity contribution < 1.29 is 9.59 Å². The smallest absolute Gasteiger partial charge is 0.280 e. The van der Waals surface area contributed by atoms with Crippen LogP contribution in [0.5, 0.6) is 0 Å². The number of fused-ring (bicyclic) bond motifs is 2. The zero-order chi connectivity index (χ0) is 27.5. The van der Waals surface area contributed by atoms with E-state index in [1.807, 2.05) is 30.3 Å². The van der Waals surface area contributed by atoms with Gasteiger partial charge >= 0.3 is 0 Å². The van der Waals surface area contributed by atoms with Gasteiger partial charge < -0.3 is 5.73 Å². The van der Waals surface area contributed by atoms with Crippen LogP contribution in [0, 0.1) is 12.3 Å². The molecular weight excluding hydrogens is 502 g/mol. The number of anilines is 1. The predicted molar refractivity (Wildman–Crippen MR) is 151 cm³/mol. The van der Waals surface area contributed by atoms with E-state index in [9.17, 15) is 14.4 Å². The van der Waals surface area contributed by atoms with E-state index >= 15 is 0 Å². The Morgan fingerprint density at radius 3 is 2.18 bits per heavy atom. The van der Waals surface area contributed by atoms with Crippen LogP contribution in [0.2, 0.25) is 5.02 Å². The number of carbonyl (C=O) groups excluding carboxylic acids is 2. The van der Waals surface area contributed by atoms with Crippen molar-refractivity contribution in [2.75, 3.05) is 12.0 Å². The monoisotopic (exact) mass is 529 g/mol. The summed E-state index contributed by atoms with van der Waals surface area (Å²) in [6.07, 6.45) is 7.43. The Kier molecular flexibility index (Phi) is 10.2. The molecular formula is C29H28ClN5O3. The third kappa shape index (κ3) is 7.07. The average molecular weight is 530 g/mol. The third-order valence-corrected chi connectivity index (χ3v) is 5.58. The van der Waals surface area contributed by atoms with Crippen LogP contribution < -0.4 is 22.0 Å². The lowest BCUT2D eigenvalue weighted by atomic mass is 10.1. The summed E-state index contributed by atoms with van der Waals surface area (Å²) in [5, 5.41) is 3.25. The van der Waals surface area contributed by atoms with Crippen LogP contribution in [-0.4, -0.2) is 28.0 Å². The fraction of sp³-hybridized carbons (Fsp3) is 0.172. The van der Waals surface area contributed by atoms with Gasteiger partial charge in [-0.2, -0.15) is 0 Å². The van der Waals surface area contributed by atoms with Crippen molar-refractivity contribution >= 4 is 40.0 Å². The summed E-state index contributed by atoms with van der Waals surface area (Å²) in [6.45, 7) is 2.88. The highest BCUT2D eigenvalue weighted by molar-refractivity contribution is 6.31. The number of aromatic nitrogens is 2.